The summed E-state index contributed by atoms with van der Waals surface area (Å²) >= 11 is 0. The highest BCUT2D eigenvalue weighted by molar-refractivity contribution is 5.93. The molecule has 0 bridgehead atoms. The van der Waals surface area contributed by atoms with Crippen LogP contribution in [-0.4, -0.2) is 23.2 Å². The molecule has 4 heteroatoms. The number of benzene rings is 1. The normalized spacial score (nSPS) is 33.3. The Hall–Kier alpha value is -1.42. The quantitative estimate of drug-likeness (QED) is 0.902. The zero-order valence-corrected chi connectivity index (χ0v) is 13.2. The van der Waals surface area contributed by atoms with E-state index < -0.39 is 5.41 Å². The molecule has 1 amide bonds. The molecule has 2 N–H and O–H groups in total. The summed E-state index contributed by atoms with van der Waals surface area (Å²) in [4.78, 5) is 12.9. The summed E-state index contributed by atoms with van der Waals surface area (Å²) in [7, 11) is 0. The minimum Gasteiger partial charge on any atom is -0.393 e. The number of halogens is 1. The number of rotatable bonds is 3. The fourth-order valence-corrected chi connectivity index (χ4v) is 3.89. The van der Waals surface area contributed by atoms with Gasteiger partial charge < -0.3 is 10.4 Å². The van der Waals surface area contributed by atoms with Crippen molar-refractivity contribution in [1.82, 2.24) is 5.32 Å². The number of carbonyl (C=O) groups excluding carboxylic acids is 1. The zero-order chi connectivity index (χ0) is 16.0. The van der Waals surface area contributed by atoms with Crippen molar-refractivity contribution in [2.75, 3.05) is 0 Å². The van der Waals surface area contributed by atoms with Gasteiger partial charge in [-0.3, -0.25) is 4.79 Å². The van der Waals surface area contributed by atoms with Crippen LogP contribution in [0.25, 0.3) is 0 Å². The van der Waals surface area contributed by atoms with E-state index in [1.807, 2.05) is 0 Å². The molecule has 0 spiro atoms. The first-order chi connectivity index (χ1) is 10.3. The van der Waals surface area contributed by atoms with Gasteiger partial charge in [0.1, 0.15) is 5.82 Å². The molecule has 0 saturated heterocycles. The summed E-state index contributed by atoms with van der Waals surface area (Å²) in [6.07, 6.45) is 3.71. The Morgan fingerprint density at radius 1 is 1.18 bits per heavy atom. The predicted octanol–water partition coefficient (Wildman–Crippen LogP) is 2.91. The first kappa shape index (κ1) is 15.5. The Morgan fingerprint density at radius 3 is 2.23 bits per heavy atom. The highest BCUT2D eigenvalue weighted by Gasteiger charge is 2.67. The maximum Gasteiger partial charge on any atom is 0.231 e. The van der Waals surface area contributed by atoms with Crippen molar-refractivity contribution in [3.63, 3.8) is 0 Å². The van der Waals surface area contributed by atoms with Crippen LogP contribution >= 0.6 is 0 Å². The number of hydrogen-bond donors (Lipinski definition) is 2. The van der Waals surface area contributed by atoms with E-state index in [2.05, 4.69) is 19.2 Å². The fraction of sp³-hybridized carbons (Fsp3) is 0.611. The third-order valence-corrected chi connectivity index (χ3v) is 5.49. The Labute approximate surface area is 130 Å². The van der Waals surface area contributed by atoms with Crippen LogP contribution in [0.4, 0.5) is 4.39 Å². The van der Waals surface area contributed by atoms with Gasteiger partial charge >= 0.3 is 0 Å². The van der Waals surface area contributed by atoms with E-state index >= 15 is 0 Å². The molecule has 1 atom stereocenters. The van der Waals surface area contributed by atoms with Gasteiger partial charge in [0, 0.05) is 6.04 Å². The molecule has 22 heavy (non-hydrogen) atoms. The molecule has 2 fully saturated rings. The standard InChI is InChI=1S/C18H24FNO2/c1-17(2)11-18(17,12-3-5-13(19)6-4-12)16(22)20-14-7-9-15(21)10-8-14/h3-6,14-15,21H,7-11H2,1-2H3,(H,20,22). The Balaban J connectivity index is 1.77. The average Bonchev–Trinajstić information content (AvgIpc) is 3.06. The maximum atomic E-state index is 13.2. The zero-order valence-electron chi connectivity index (χ0n) is 13.2. The van der Waals surface area contributed by atoms with Crippen LogP contribution in [-0.2, 0) is 10.2 Å². The molecule has 120 valence electrons. The highest BCUT2D eigenvalue weighted by Crippen LogP contribution is 2.64. The summed E-state index contributed by atoms with van der Waals surface area (Å²) < 4.78 is 13.2. The van der Waals surface area contributed by atoms with Crippen LogP contribution in [0.1, 0.15) is 51.5 Å². The van der Waals surface area contributed by atoms with Gasteiger partial charge in [-0.25, -0.2) is 4.39 Å². The minimum absolute atomic E-state index is 0.0468. The van der Waals surface area contributed by atoms with Crippen molar-refractivity contribution in [1.29, 1.82) is 0 Å². The van der Waals surface area contributed by atoms with Crippen molar-refractivity contribution in [2.45, 2.75) is 63.5 Å². The van der Waals surface area contributed by atoms with Crippen molar-refractivity contribution in [3.05, 3.63) is 35.6 Å². The molecule has 2 saturated carbocycles. The van der Waals surface area contributed by atoms with Crippen LogP contribution in [0.15, 0.2) is 24.3 Å². The summed E-state index contributed by atoms with van der Waals surface area (Å²) in [5, 5.41) is 12.7. The Morgan fingerprint density at radius 2 is 1.73 bits per heavy atom. The molecule has 3 rings (SSSR count). The smallest absolute Gasteiger partial charge is 0.231 e. The second-order valence-electron chi connectivity index (χ2n) is 7.45. The van der Waals surface area contributed by atoms with E-state index in [-0.39, 0.29) is 29.3 Å². The Kier molecular flexibility index (Phi) is 3.76. The number of aliphatic hydroxyl groups is 1. The number of hydrogen-bond acceptors (Lipinski definition) is 2. The van der Waals surface area contributed by atoms with E-state index in [1.54, 1.807) is 12.1 Å². The first-order valence-corrected chi connectivity index (χ1v) is 8.10. The largest absolute Gasteiger partial charge is 0.393 e. The molecule has 2 aliphatic carbocycles. The van der Waals surface area contributed by atoms with Crippen LogP contribution in [0.5, 0.6) is 0 Å². The van der Waals surface area contributed by atoms with Gasteiger partial charge in [0.15, 0.2) is 0 Å². The van der Waals surface area contributed by atoms with Gasteiger partial charge in [0.25, 0.3) is 0 Å². The van der Waals surface area contributed by atoms with E-state index in [0.29, 0.717) is 0 Å². The molecule has 1 aromatic rings. The Bertz CT molecular complexity index is 561. The SMILES string of the molecule is CC1(C)CC1(C(=O)NC1CCC(O)CC1)c1ccc(F)cc1. The highest BCUT2D eigenvalue weighted by atomic mass is 19.1. The lowest BCUT2D eigenvalue weighted by atomic mass is 9.85. The van der Waals surface area contributed by atoms with Crippen LogP contribution in [0.3, 0.4) is 0 Å². The molecule has 0 aliphatic heterocycles. The number of carbonyl (C=O) groups is 1. The molecule has 3 nitrogen and oxygen atoms in total. The fourth-order valence-electron chi connectivity index (χ4n) is 3.89. The van der Waals surface area contributed by atoms with Gasteiger partial charge in [-0.1, -0.05) is 26.0 Å². The lowest BCUT2D eigenvalue weighted by Gasteiger charge is -2.29. The molecular formula is C18H24FNO2. The number of amides is 1. The van der Waals surface area contributed by atoms with E-state index in [0.717, 1.165) is 37.7 Å². The van der Waals surface area contributed by atoms with E-state index in [1.165, 1.54) is 12.1 Å². The molecule has 0 heterocycles. The molecule has 1 aromatic carbocycles. The van der Waals surface area contributed by atoms with E-state index in [9.17, 15) is 14.3 Å². The molecule has 0 aromatic heterocycles. The number of nitrogens with one attached hydrogen (secondary N) is 1. The molecule has 2 aliphatic rings. The van der Waals surface area contributed by atoms with Crippen molar-refractivity contribution < 1.29 is 14.3 Å². The summed E-state index contributed by atoms with van der Waals surface area (Å²) in [6.45, 7) is 4.17. The minimum atomic E-state index is -0.545. The second-order valence-corrected chi connectivity index (χ2v) is 7.45. The summed E-state index contributed by atoms with van der Waals surface area (Å²) in [6, 6.07) is 6.46. The summed E-state index contributed by atoms with van der Waals surface area (Å²) in [5.74, 6) is -0.232. The predicted molar refractivity (Wildman–Crippen MR) is 82.9 cm³/mol. The van der Waals surface area contributed by atoms with Crippen molar-refractivity contribution in [2.24, 2.45) is 5.41 Å². The number of aliphatic hydroxyl groups excluding tert-OH is 1. The summed E-state index contributed by atoms with van der Waals surface area (Å²) in [5.41, 5.74) is 0.243. The second kappa shape index (κ2) is 5.34. The van der Waals surface area contributed by atoms with Gasteiger partial charge in [-0.2, -0.15) is 0 Å². The molecule has 0 radical (unpaired) electrons. The van der Waals surface area contributed by atoms with Gasteiger partial charge in [0.05, 0.1) is 11.5 Å². The topological polar surface area (TPSA) is 49.3 Å². The van der Waals surface area contributed by atoms with Crippen LogP contribution in [0, 0.1) is 11.2 Å². The third kappa shape index (κ3) is 2.54. The van der Waals surface area contributed by atoms with Gasteiger partial charge in [0.2, 0.25) is 5.91 Å². The third-order valence-electron chi connectivity index (χ3n) is 5.49. The monoisotopic (exact) mass is 305 g/mol. The lowest BCUT2D eigenvalue weighted by molar-refractivity contribution is -0.125. The van der Waals surface area contributed by atoms with Crippen LogP contribution < -0.4 is 5.32 Å². The maximum absolute atomic E-state index is 13.2. The van der Waals surface area contributed by atoms with Crippen molar-refractivity contribution >= 4 is 5.91 Å². The van der Waals surface area contributed by atoms with Gasteiger partial charge in [-0.15, -0.1) is 0 Å². The van der Waals surface area contributed by atoms with Crippen LogP contribution in [0.2, 0.25) is 0 Å². The molecule has 1 unspecified atom stereocenters. The van der Waals surface area contributed by atoms with Crippen molar-refractivity contribution in [3.8, 4) is 0 Å². The van der Waals surface area contributed by atoms with Gasteiger partial charge in [-0.05, 0) is 55.2 Å². The molecular weight excluding hydrogens is 281 g/mol. The average molecular weight is 305 g/mol. The first-order valence-electron chi connectivity index (χ1n) is 8.10. The van der Waals surface area contributed by atoms with E-state index in [4.69, 9.17) is 0 Å². The lowest BCUT2D eigenvalue weighted by Crippen LogP contribution is -2.45.